The molecule has 162 valence electrons. The lowest BCUT2D eigenvalue weighted by molar-refractivity contribution is -0.117. The Bertz CT molecular complexity index is 1030. The van der Waals surface area contributed by atoms with Crippen LogP contribution in [0.15, 0.2) is 35.2 Å². The van der Waals surface area contributed by atoms with Gasteiger partial charge >= 0.3 is 0 Å². The maximum atomic E-state index is 12.8. The number of anilines is 1. The molecule has 30 heavy (non-hydrogen) atoms. The van der Waals surface area contributed by atoms with Crippen molar-refractivity contribution >= 4 is 33.0 Å². The Kier molecular flexibility index (Phi) is 6.09. The molecule has 2 fully saturated rings. The van der Waals surface area contributed by atoms with Crippen molar-refractivity contribution in [1.29, 1.82) is 0 Å². The van der Waals surface area contributed by atoms with E-state index < -0.39 is 16.1 Å². The van der Waals surface area contributed by atoms with Crippen LogP contribution in [0.4, 0.5) is 5.69 Å². The molecule has 0 aliphatic carbocycles. The van der Waals surface area contributed by atoms with Gasteiger partial charge in [0.2, 0.25) is 15.9 Å². The molecule has 0 saturated carbocycles. The molecule has 3 heterocycles. The third-order valence-electron chi connectivity index (χ3n) is 5.16. The number of amides is 1. The number of hydrogen-bond donors (Lipinski definition) is 4. The number of phenols is 1. The zero-order valence-corrected chi connectivity index (χ0v) is 18.1. The fourth-order valence-electron chi connectivity index (χ4n) is 3.49. The summed E-state index contributed by atoms with van der Waals surface area (Å²) in [6.07, 6.45) is 0.540. The van der Waals surface area contributed by atoms with Crippen LogP contribution in [0.3, 0.4) is 0 Å². The molecule has 1 amide bonds. The third-order valence-corrected chi connectivity index (χ3v) is 8.17. The van der Waals surface area contributed by atoms with Crippen LogP contribution in [-0.2, 0) is 19.6 Å². The molecule has 1 aromatic carbocycles. The van der Waals surface area contributed by atoms with Gasteiger partial charge in [0.25, 0.3) is 0 Å². The Morgan fingerprint density at radius 2 is 2.00 bits per heavy atom. The highest BCUT2D eigenvalue weighted by atomic mass is 32.2. The first-order chi connectivity index (χ1) is 14.3. The number of sulfonamides is 1. The number of carbonyl (C=O) groups is 1. The van der Waals surface area contributed by atoms with E-state index in [0.29, 0.717) is 19.6 Å². The summed E-state index contributed by atoms with van der Waals surface area (Å²) in [5, 5.41) is 12.8. The topological polar surface area (TPSA) is 120 Å². The maximum absolute atomic E-state index is 12.8. The minimum absolute atomic E-state index is 0.0149. The SMILES string of the molecule is Cc1ccc(C2CC(C(=O)Nc3cc(S(=O)(=O)N4CCOCC4)ccc3O)NN2)s1. The molecule has 0 radical (unpaired) electrons. The number of aryl methyl sites for hydroxylation is 1. The van der Waals surface area contributed by atoms with Gasteiger partial charge in [-0.1, -0.05) is 0 Å². The quantitative estimate of drug-likeness (QED) is 0.505. The number of ether oxygens (including phenoxy) is 1. The Labute approximate surface area is 179 Å². The van der Waals surface area contributed by atoms with E-state index in [1.165, 1.54) is 27.4 Å². The molecular formula is C19H24N4O5S2. The van der Waals surface area contributed by atoms with E-state index in [4.69, 9.17) is 4.74 Å². The van der Waals surface area contributed by atoms with E-state index in [2.05, 4.69) is 16.2 Å². The van der Waals surface area contributed by atoms with Crippen molar-refractivity contribution in [3.8, 4) is 5.75 Å². The summed E-state index contributed by atoms with van der Waals surface area (Å²) in [6, 6.07) is 7.47. The summed E-state index contributed by atoms with van der Waals surface area (Å²) in [4.78, 5) is 15.1. The van der Waals surface area contributed by atoms with Crippen LogP contribution in [0.25, 0.3) is 0 Å². The Morgan fingerprint density at radius 1 is 1.23 bits per heavy atom. The summed E-state index contributed by atoms with van der Waals surface area (Å²) >= 11 is 1.67. The van der Waals surface area contributed by atoms with Crippen LogP contribution in [0.2, 0.25) is 0 Å². The summed E-state index contributed by atoms with van der Waals surface area (Å²) in [5.41, 5.74) is 6.15. The average Bonchev–Trinajstić information content (AvgIpc) is 3.39. The predicted octanol–water partition coefficient (Wildman–Crippen LogP) is 1.33. The summed E-state index contributed by atoms with van der Waals surface area (Å²) < 4.78 is 32.2. The fraction of sp³-hybridized carbons (Fsp3) is 0.421. The highest BCUT2D eigenvalue weighted by Crippen LogP contribution is 2.31. The second kappa shape index (κ2) is 8.61. The molecule has 2 saturated heterocycles. The lowest BCUT2D eigenvalue weighted by Gasteiger charge is -2.26. The first-order valence-corrected chi connectivity index (χ1v) is 11.9. The van der Waals surface area contributed by atoms with Gasteiger partial charge in [-0.3, -0.25) is 4.79 Å². The number of hydrazine groups is 1. The first-order valence-electron chi connectivity index (χ1n) is 9.64. The molecular weight excluding hydrogens is 428 g/mol. The monoisotopic (exact) mass is 452 g/mol. The van der Waals surface area contributed by atoms with Crippen LogP contribution in [-0.4, -0.2) is 56.1 Å². The van der Waals surface area contributed by atoms with Gasteiger partial charge < -0.3 is 15.2 Å². The number of aromatic hydroxyl groups is 1. The fourth-order valence-corrected chi connectivity index (χ4v) is 5.86. The largest absolute Gasteiger partial charge is 0.506 e. The van der Waals surface area contributed by atoms with Crippen LogP contribution >= 0.6 is 11.3 Å². The number of nitrogens with zero attached hydrogens (tertiary/aromatic N) is 1. The zero-order valence-electron chi connectivity index (χ0n) is 16.4. The lowest BCUT2D eigenvalue weighted by Crippen LogP contribution is -2.40. The number of benzene rings is 1. The van der Waals surface area contributed by atoms with Gasteiger partial charge in [0.1, 0.15) is 11.8 Å². The van der Waals surface area contributed by atoms with Gasteiger partial charge in [0, 0.05) is 22.8 Å². The van der Waals surface area contributed by atoms with E-state index in [0.717, 1.165) is 4.88 Å². The number of carbonyl (C=O) groups excluding carboxylic acids is 1. The molecule has 2 aliphatic heterocycles. The molecule has 9 nitrogen and oxygen atoms in total. The average molecular weight is 453 g/mol. The van der Waals surface area contributed by atoms with Crippen molar-refractivity contribution < 1.29 is 23.1 Å². The minimum Gasteiger partial charge on any atom is -0.506 e. The number of nitrogens with one attached hydrogen (secondary N) is 3. The first kappa shape index (κ1) is 21.2. The molecule has 0 bridgehead atoms. The van der Waals surface area contributed by atoms with Gasteiger partial charge in [0.05, 0.1) is 29.8 Å². The molecule has 4 rings (SSSR count). The number of rotatable bonds is 5. The molecule has 2 aromatic rings. The molecule has 4 N–H and O–H groups in total. The van der Waals surface area contributed by atoms with Gasteiger partial charge in [0.15, 0.2) is 0 Å². The van der Waals surface area contributed by atoms with Crippen LogP contribution in [0, 0.1) is 6.92 Å². The lowest BCUT2D eigenvalue weighted by atomic mass is 10.1. The molecule has 1 aromatic heterocycles. The van der Waals surface area contributed by atoms with Crippen LogP contribution < -0.4 is 16.2 Å². The normalized spacial score (nSPS) is 22.8. The van der Waals surface area contributed by atoms with Crippen LogP contribution in [0.1, 0.15) is 22.2 Å². The van der Waals surface area contributed by atoms with Crippen molar-refractivity contribution in [2.24, 2.45) is 0 Å². The number of hydrogen-bond acceptors (Lipinski definition) is 8. The van der Waals surface area contributed by atoms with E-state index in [-0.39, 0.29) is 41.4 Å². The third kappa shape index (κ3) is 4.36. The molecule has 0 spiro atoms. The molecule has 2 atom stereocenters. The highest BCUT2D eigenvalue weighted by molar-refractivity contribution is 7.89. The smallest absolute Gasteiger partial charge is 0.243 e. The maximum Gasteiger partial charge on any atom is 0.243 e. The number of phenolic OH excluding ortho intramolecular Hbond substituents is 1. The van der Waals surface area contributed by atoms with Crippen molar-refractivity contribution in [2.45, 2.75) is 30.3 Å². The number of thiophene rings is 1. The highest BCUT2D eigenvalue weighted by Gasteiger charge is 2.32. The van der Waals surface area contributed by atoms with Crippen molar-refractivity contribution in [3.63, 3.8) is 0 Å². The van der Waals surface area contributed by atoms with E-state index >= 15 is 0 Å². The van der Waals surface area contributed by atoms with Gasteiger partial charge in [-0.15, -0.1) is 11.3 Å². The van der Waals surface area contributed by atoms with Gasteiger partial charge in [-0.05, 0) is 43.7 Å². The molecule has 11 heteroatoms. The minimum atomic E-state index is -3.73. The molecule has 2 unspecified atom stereocenters. The van der Waals surface area contributed by atoms with Crippen LogP contribution in [0.5, 0.6) is 5.75 Å². The Balaban J connectivity index is 1.46. The second-order valence-electron chi connectivity index (χ2n) is 7.26. The van der Waals surface area contributed by atoms with Gasteiger partial charge in [-0.25, -0.2) is 19.3 Å². The Morgan fingerprint density at radius 3 is 2.70 bits per heavy atom. The zero-order chi connectivity index (χ0) is 21.3. The Hall–Kier alpha value is -2.02. The van der Waals surface area contributed by atoms with Crippen molar-refractivity contribution in [1.82, 2.24) is 15.2 Å². The van der Waals surface area contributed by atoms with Crippen molar-refractivity contribution in [2.75, 3.05) is 31.6 Å². The second-order valence-corrected chi connectivity index (χ2v) is 10.5. The van der Waals surface area contributed by atoms with E-state index in [1.54, 1.807) is 11.3 Å². The summed E-state index contributed by atoms with van der Waals surface area (Å²) in [6.45, 7) is 3.25. The summed E-state index contributed by atoms with van der Waals surface area (Å²) in [5.74, 6) is -0.546. The number of morpholine rings is 1. The van der Waals surface area contributed by atoms with E-state index in [9.17, 15) is 18.3 Å². The van der Waals surface area contributed by atoms with Crippen molar-refractivity contribution in [3.05, 3.63) is 40.1 Å². The molecule has 2 aliphatic rings. The summed E-state index contributed by atoms with van der Waals surface area (Å²) in [7, 11) is -3.73. The predicted molar refractivity (Wildman–Crippen MR) is 113 cm³/mol. The standard InChI is InChI=1S/C19H24N4O5S2/c1-12-2-5-18(29-12)15-11-16(22-21-15)19(25)20-14-10-13(3-4-17(14)24)30(26,27)23-6-8-28-9-7-23/h2-5,10,15-16,21-22,24H,6-9,11H2,1H3,(H,20,25). The van der Waals surface area contributed by atoms with E-state index in [1.807, 2.05) is 19.1 Å². The van der Waals surface area contributed by atoms with Gasteiger partial charge in [-0.2, -0.15) is 4.31 Å².